The number of rotatable bonds is 4. The molecule has 0 aromatic heterocycles. The normalized spacial score (nSPS) is 28.8. The minimum Gasteiger partial charge on any atom is -0.480 e. The van der Waals surface area contributed by atoms with Crippen molar-refractivity contribution in [1.29, 1.82) is 0 Å². The lowest BCUT2D eigenvalue weighted by Gasteiger charge is -2.38. The van der Waals surface area contributed by atoms with Crippen LogP contribution in [0.15, 0.2) is 30.3 Å². The third-order valence-electron chi connectivity index (χ3n) is 3.94. The van der Waals surface area contributed by atoms with Crippen LogP contribution < -0.4 is 5.32 Å². The van der Waals surface area contributed by atoms with Crippen LogP contribution in [-0.2, 0) is 4.79 Å². The number of nitrogens with one attached hydrogen (secondary N) is 1. The summed E-state index contributed by atoms with van der Waals surface area (Å²) in [5.74, 6) is -0.759. The van der Waals surface area contributed by atoms with Crippen LogP contribution in [0.1, 0.15) is 44.2 Å². The molecule has 3 unspecified atom stereocenters. The lowest BCUT2D eigenvalue weighted by Crippen LogP contribution is -2.54. The molecule has 0 amide bonds. The van der Waals surface area contributed by atoms with Gasteiger partial charge in [-0.15, -0.1) is 0 Å². The SMILES string of the molecule is CC(NC1CCCCC1(Br)C(=O)O)c1ccccc1. The molecule has 4 heteroatoms. The predicted molar refractivity (Wildman–Crippen MR) is 79.5 cm³/mol. The standard InChI is InChI=1S/C15H20BrNO2/c1-11(12-7-3-2-4-8-12)17-13-9-5-6-10-15(13,16)14(18)19/h2-4,7-8,11,13,17H,5-6,9-10H2,1H3,(H,18,19). The quantitative estimate of drug-likeness (QED) is 0.833. The Kier molecular flexibility index (Phi) is 4.63. The molecule has 1 aliphatic rings. The second-order valence-corrected chi connectivity index (χ2v) is 6.68. The van der Waals surface area contributed by atoms with Crippen molar-refractivity contribution in [1.82, 2.24) is 5.32 Å². The lowest BCUT2D eigenvalue weighted by molar-refractivity contribution is -0.141. The molecule has 0 saturated heterocycles. The maximum atomic E-state index is 11.5. The van der Waals surface area contributed by atoms with E-state index >= 15 is 0 Å². The first-order chi connectivity index (χ1) is 9.04. The van der Waals surface area contributed by atoms with Crippen LogP contribution in [0.2, 0.25) is 0 Å². The Morgan fingerprint density at radius 2 is 2.11 bits per heavy atom. The highest BCUT2D eigenvalue weighted by molar-refractivity contribution is 9.10. The van der Waals surface area contributed by atoms with Gasteiger partial charge >= 0.3 is 5.97 Å². The second kappa shape index (κ2) is 6.06. The summed E-state index contributed by atoms with van der Waals surface area (Å²) in [6, 6.07) is 10.3. The molecular formula is C15H20BrNO2. The molecule has 3 nitrogen and oxygen atoms in total. The van der Waals surface area contributed by atoms with Crippen LogP contribution in [0, 0.1) is 0 Å². The Morgan fingerprint density at radius 3 is 2.74 bits per heavy atom. The average molecular weight is 326 g/mol. The molecule has 0 spiro atoms. The zero-order valence-corrected chi connectivity index (χ0v) is 12.7. The second-order valence-electron chi connectivity index (χ2n) is 5.27. The van der Waals surface area contributed by atoms with Crippen molar-refractivity contribution < 1.29 is 9.90 Å². The zero-order chi connectivity index (χ0) is 13.9. The van der Waals surface area contributed by atoms with E-state index in [0.29, 0.717) is 6.42 Å². The van der Waals surface area contributed by atoms with Crippen LogP contribution in [0.4, 0.5) is 0 Å². The van der Waals surface area contributed by atoms with Gasteiger partial charge in [-0.1, -0.05) is 59.1 Å². The number of carboxylic acid groups (broad SMARTS) is 1. The monoisotopic (exact) mass is 325 g/mol. The van der Waals surface area contributed by atoms with Crippen molar-refractivity contribution in [3.05, 3.63) is 35.9 Å². The maximum absolute atomic E-state index is 11.5. The summed E-state index contributed by atoms with van der Waals surface area (Å²) in [6.45, 7) is 2.08. The first-order valence-corrected chi connectivity index (χ1v) is 7.56. The van der Waals surface area contributed by atoms with Gasteiger partial charge in [-0.3, -0.25) is 4.79 Å². The Balaban J connectivity index is 2.10. The Labute approximate surface area is 122 Å². The first-order valence-electron chi connectivity index (χ1n) is 6.77. The largest absolute Gasteiger partial charge is 0.480 e. The van der Waals surface area contributed by atoms with Crippen LogP contribution >= 0.6 is 15.9 Å². The molecule has 0 bridgehead atoms. The van der Waals surface area contributed by atoms with E-state index in [1.807, 2.05) is 18.2 Å². The molecule has 1 aliphatic carbocycles. The number of alkyl halides is 1. The Hall–Kier alpha value is -0.870. The van der Waals surface area contributed by atoms with Gasteiger partial charge < -0.3 is 10.4 Å². The molecule has 2 N–H and O–H groups in total. The molecule has 19 heavy (non-hydrogen) atoms. The molecule has 104 valence electrons. The molecule has 3 atom stereocenters. The van der Waals surface area contributed by atoms with E-state index in [2.05, 4.69) is 40.3 Å². The van der Waals surface area contributed by atoms with Crippen molar-refractivity contribution in [3.63, 3.8) is 0 Å². The third-order valence-corrected chi connectivity index (χ3v) is 5.23. The van der Waals surface area contributed by atoms with Gasteiger partial charge in [-0.25, -0.2) is 0 Å². The highest BCUT2D eigenvalue weighted by atomic mass is 79.9. The minimum atomic E-state index is -0.825. The van der Waals surface area contributed by atoms with Gasteiger partial charge in [0, 0.05) is 12.1 Å². The fourth-order valence-electron chi connectivity index (χ4n) is 2.74. The number of hydrogen-bond donors (Lipinski definition) is 2. The minimum absolute atomic E-state index is 0.0334. The average Bonchev–Trinajstić information content (AvgIpc) is 2.42. The summed E-state index contributed by atoms with van der Waals surface area (Å²) in [4.78, 5) is 11.5. The van der Waals surface area contributed by atoms with Crippen LogP contribution in [0.25, 0.3) is 0 Å². The smallest absolute Gasteiger partial charge is 0.322 e. The first kappa shape index (κ1) is 14.5. The Morgan fingerprint density at radius 1 is 1.42 bits per heavy atom. The van der Waals surface area contributed by atoms with Crippen LogP contribution in [-0.4, -0.2) is 21.4 Å². The van der Waals surface area contributed by atoms with E-state index in [1.54, 1.807) is 0 Å². The number of hydrogen-bond acceptors (Lipinski definition) is 2. The number of aliphatic carboxylic acids is 1. The third kappa shape index (κ3) is 3.18. The topological polar surface area (TPSA) is 49.3 Å². The molecule has 1 aromatic carbocycles. The van der Waals surface area contributed by atoms with Gasteiger partial charge in [0.15, 0.2) is 0 Å². The fourth-order valence-corrected chi connectivity index (χ4v) is 3.39. The predicted octanol–water partition coefficient (Wildman–Crippen LogP) is 3.50. The van der Waals surface area contributed by atoms with Gasteiger partial charge in [-0.2, -0.15) is 0 Å². The summed E-state index contributed by atoms with van der Waals surface area (Å²) >= 11 is 3.47. The lowest BCUT2D eigenvalue weighted by atomic mass is 9.83. The molecule has 0 heterocycles. The summed E-state index contributed by atoms with van der Waals surface area (Å²) in [7, 11) is 0. The van der Waals surface area contributed by atoms with Crippen LogP contribution in [0.5, 0.6) is 0 Å². The maximum Gasteiger partial charge on any atom is 0.322 e. The van der Waals surface area contributed by atoms with E-state index in [-0.39, 0.29) is 12.1 Å². The van der Waals surface area contributed by atoms with E-state index in [1.165, 1.54) is 5.56 Å². The molecule has 0 aliphatic heterocycles. The van der Waals surface area contributed by atoms with Gasteiger partial charge in [0.1, 0.15) is 4.32 Å². The molecule has 1 fully saturated rings. The highest BCUT2D eigenvalue weighted by Crippen LogP contribution is 2.37. The molecule has 1 saturated carbocycles. The highest BCUT2D eigenvalue weighted by Gasteiger charge is 2.45. The number of carbonyl (C=O) groups is 1. The summed E-state index contributed by atoms with van der Waals surface area (Å²) < 4.78 is -0.825. The summed E-state index contributed by atoms with van der Waals surface area (Å²) in [5, 5.41) is 12.9. The van der Waals surface area contributed by atoms with Crippen molar-refractivity contribution in [2.45, 2.75) is 49.0 Å². The van der Waals surface area contributed by atoms with Crippen LogP contribution in [0.3, 0.4) is 0 Å². The van der Waals surface area contributed by atoms with Crippen molar-refractivity contribution in [3.8, 4) is 0 Å². The van der Waals surface area contributed by atoms with Crippen molar-refractivity contribution in [2.24, 2.45) is 0 Å². The van der Waals surface area contributed by atoms with Crippen molar-refractivity contribution in [2.75, 3.05) is 0 Å². The van der Waals surface area contributed by atoms with E-state index in [4.69, 9.17) is 0 Å². The molecule has 1 aromatic rings. The molecular weight excluding hydrogens is 306 g/mol. The fraction of sp³-hybridized carbons (Fsp3) is 0.533. The number of halogens is 1. The molecule has 0 radical (unpaired) electrons. The Bertz CT molecular complexity index is 437. The van der Waals surface area contributed by atoms with Crippen molar-refractivity contribution >= 4 is 21.9 Å². The van der Waals surface area contributed by atoms with E-state index < -0.39 is 10.3 Å². The van der Waals surface area contributed by atoms with Gasteiger partial charge in [0.05, 0.1) is 0 Å². The van der Waals surface area contributed by atoms with Gasteiger partial charge in [0.25, 0.3) is 0 Å². The number of benzene rings is 1. The van der Waals surface area contributed by atoms with Gasteiger partial charge in [0.2, 0.25) is 0 Å². The van der Waals surface area contributed by atoms with E-state index in [0.717, 1.165) is 19.3 Å². The molecule has 2 rings (SSSR count). The number of carboxylic acids is 1. The van der Waals surface area contributed by atoms with Gasteiger partial charge in [-0.05, 0) is 25.3 Å². The summed E-state index contributed by atoms with van der Waals surface area (Å²) in [5.41, 5.74) is 1.19. The zero-order valence-electron chi connectivity index (χ0n) is 11.1. The van der Waals surface area contributed by atoms with E-state index in [9.17, 15) is 9.90 Å². The summed E-state index contributed by atoms with van der Waals surface area (Å²) in [6.07, 6.45) is 3.63.